The molecule has 1 aliphatic heterocycles. The number of carbonyl (C=O) groups excluding carboxylic acids is 1. The number of amides is 1. The summed E-state index contributed by atoms with van der Waals surface area (Å²) in [5.41, 5.74) is 0.925. The topological polar surface area (TPSA) is 94.0 Å². The molecule has 0 unspecified atom stereocenters. The third kappa shape index (κ3) is 3.36. The summed E-state index contributed by atoms with van der Waals surface area (Å²) < 4.78 is 25.2. The molecule has 0 saturated carbocycles. The lowest BCUT2D eigenvalue weighted by Crippen LogP contribution is -2.35. The van der Waals surface area contributed by atoms with Crippen molar-refractivity contribution in [2.24, 2.45) is 0 Å². The van der Waals surface area contributed by atoms with Crippen LogP contribution < -0.4 is 5.32 Å². The number of carbonyl (C=O) groups is 1. The fourth-order valence-corrected chi connectivity index (χ4v) is 4.34. The molecule has 1 aromatic heterocycles. The van der Waals surface area contributed by atoms with Crippen molar-refractivity contribution in [3.05, 3.63) is 40.6 Å². The van der Waals surface area contributed by atoms with E-state index in [4.69, 9.17) is 0 Å². The van der Waals surface area contributed by atoms with Crippen molar-refractivity contribution in [2.75, 3.05) is 11.5 Å². The summed E-state index contributed by atoms with van der Waals surface area (Å²) in [5, 5.41) is 10.4. The van der Waals surface area contributed by atoms with Crippen molar-refractivity contribution in [1.29, 1.82) is 0 Å². The van der Waals surface area contributed by atoms with E-state index in [9.17, 15) is 13.2 Å². The monoisotopic (exact) mass is 384 g/mol. The first kappa shape index (κ1) is 15.2. The Bertz CT molecular complexity index is 818. The largest absolute Gasteiger partial charge is 0.347 e. The zero-order valence-corrected chi connectivity index (χ0v) is 13.8. The lowest BCUT2D eigenvalue weighted by atomic mass is 10.2. The number of nitrogens with one attached hydrogen (secondary N) is 1. The molecule has 1 amide bonds. The smallest absolute Gasteiger partial charge is 0.273 e. The molecular weight excluding hydrogens is 372 g/mol. The Morgan fingerprint density at radius 3 is 2.91 bits per heavy atom. The van der Waals surface area contributed by atoms with Crippen LogP contribution in [0.4, 0.5) is 0 Å². The number of hydrogen-bond acceptors (Lipinski definition) is 5. The molecule has 0 bridgehead atoms. The zero-order valence-electron chi connectivity index (χ0n) is 11.4. The minimum atomic E-state index is -3.03. The molecular formula is C13H13BrN4O3S. The Kier molecular flexibility index (Phi) is 4.00. The molecule has 1 fully saturated rings. The van der Waals surface area contributed by atoms with Crippen LogP contribution in [0.2, 0.25) is 0 Å². The van der Waals surface area contributed by atoms with Crippen molar-refractivity contribution in [3.8, 4) is 5.69 Å². The maximum Gasteiger partial charge on any atom is 0.273 e. The summed E-state index contributed by atoms with van der Waals surface area (Å²) >= 11 is 3.37. The van der Waals surface area contributed by atoms with E-state index in [-0.39, 0.29) is 23.2 Å². The average Bonchev–Trinajstić information content (AvgIpc) is 3.06. The van der Waals surface area contributed by atoms with Crippen LogP contribution in [0.1, 0.15) is 16.9 Å². The van der Waals surface area contributed by atoms with E-state index < -0.39 is 15.7 Å². The molecule has 0 aliphatic carbocycles. The van der Waals surface area contributed by atoms with Gasteiger partial charge in [-0.25, -0.2) is 13.1 Å². The third-order valence-corrected chi connectivity index (χ3v) is 5.63. The van der Waals surface area contributed by atoms with Crippen LogP contribution in [0.5, 0.6) is 0 Å². The van der Waals surface area contributed by atoms with Crippen LogP contribution >= 0.6 is 15.9 Å². The predicted octanol–water partition coefficient (Wildman–Crippen LogP) is 0.947. The molecule has 2 heterocycles. The van der Waals surface area contributed by atoms with Crippen molar-refractivity contribution in [3.63, 3.8) is 0 Å². The minimum Gasteiger partial charge on any atom is -0.347 e. The standard InChI is InChI=1S/C13H13BrN4O3S/c14-9-2-1-3-11(6-9)18-7-12(16-17-18)13(19)15-10-4-5-22(20,21)8-10/h1-3,6-7,10H,4-5,8H2,(H,15,19)/t10-/m1/s1. The van der Waals surface area contributed by atoms with Crippen molar-refractivity contribution >= 4 is 31.7 Å². The van der Waals surface area contributed by atoms with Crippen LogP contribution in [0.15, 0.2) is 34.9 Å². The van der Waals surface area contributed by atoms with Crippen molar-refractivity contribution in [1.82, 2.24) is 20.3 Å². The van der Waals surface area contributed by atoms with E-state index >= 15 is 0 Å². The fourth-order valence-electron chi connectivity index (χ4n) is 2.28. The normalized spacial score (nSPS) is 20.0. The Hall–Kier alpha value is -1.74. The predicted molar refractivity (Wildman–Crippen MR) is 83.6 cm³/mol. The highest BCUT2D eigenvalue weighted by Crippen LogP contribution is 2.15. The summed E-state index contributed by atoms with van der Waals surface area (Å²) in [7, 11) is -3.03. The van der Waals surface area contributed by atoms with Gasteiger partial charge in [0, 0.05) is 10.5 Å². The van der Waals surface area contributed by atoms with Gasteiger partial charge in [0.1, 0.15) is 0 Å². The van der Waals surface area contributed by atoms with E-state index in [0.29, 0.717) is 6.42 Å². The van der Waals surface area contributed by atoms with Crippen molar-refractivity contribution in [2.45, 2.75) is 12.5 Å². The number of hydrogen-bond donors (Lipinski definition) is 1. The molecule has 22 heavy (non-hydrogen) atoms. The Labute approximate surface area is 135 Å². The first-order chi connectivity index (χ1) is 10.4. The van der Waals surface area contributed by atoms with Gasteiger partial charge in [0.05, 0.1) is 23.4 Å². The number of nitrogens with zero attached hydrogens (tertiary/aromatic N) is 3. The van der Waals surface area contributed by atoms with E-state index in [1.807, 2.05) is 24.3 Å². The molecule has 1 saturated heterocycles. The van der Waals surface area contributed by atoms with Gasteiger partial charge in [-0.15, -0.1) is 5.10 Å². The number of rotatable bonds is 3. The van der Waals surface area contributed by atoms with Gasteiger partial charge in [-0.2, -0.15) is 0 Å². The first-order valence-electron chi connectivity index (χ1n) is 6.62. The molecule has 1 atom stereocenters. The Morgan fingerprint density at radius 1 is 1.41 bits per heavy atom. The molecule has 0 spiro atoms. The minimum absolute atomic E-state index is 0.0154. The average molecular weight is 385 g/mol. The van der Waals surface area contributed by atoms with Crippen LogP contribution in [-0.2, 0) is 9.84 Å². The van der Waals surface area contributed by atoms with Crippen LogP contribution in [-0.4, -0.2) is 46.9 Å². The SMILES string of the molecule is O=C(N[C@@H]1CCS(=O)(=O)C1)c1cn(-c2cccc(Br)c2)nn1. The van der Waals surface area contributed by atoms with Gasteiger partial charge < -0.3 is 5.32 Å². The Morgan fingerprint density at radius 2 is 2.23 bits per heavy atom. The molecule has 3 rings (SSSR count). The highest BCUT2D eigenvalue weighted by molar-refractivity contribution is 9.10. The lowest BCUT2D eigenvalue weighted by Gasteiger charge is -2.08. The van der Waals surface area contributed by atoms with Gasteiger partial charge >= 0.3 is 0 Å². The zero-order chi connectivity index (χ0) is 15.7. The number of aromatic nitrogens is 3. The Balaban J connectivity index is 1.72. The fraction of sp³-hybridized carbons (Fsp3) is 0.308. The second-order valence-corrected chi connectivity index (χ2v) is 8.25. The molecule has 116 valence electrons. The van der Waals surface area contributed by atoms with Crippen molar-refractivity contribution < 1.29 is 13.2 Å². The second-order valence-electron chi connectivity index (χ2n) is 5.10. The van der Waals surface area contributed by atoms with E-state index in [1.54, 1.807) is 0 Å². The quantitative estimate of drug-likeness (QED) is 0.849. The van der Waals surface area contributed by atoms with Gasteiger partial charge in [-0.05, 0) is 24.6 Å². The number of sulfone groups is 1. The number of halogens is 1. The van der Waals surface area contributed by atoms with Gasteiger partial charge in [-0.1, -0.05) is 27.2 Å². The van der Waals surface area contributed by atoms with Crippen LogP contribution in [0.25, 0.3) is 5.69 Å². The molecule has 1 N–H and O–H groups in total. The summed E-state index contributed by atoms with van der Waals surface area (Å²) in [5.74, 6) is -0.315. The van der Waals surface area contributed by atoms with Gasteiger partial charge in [0.15, 0.2) is 15.5 Å². The van der Waals surface area contributed by atoms with E-state index in [0.717, 1.165) is 10.2 Å². The van der Waals surface area contributed by atoms with Gasteiger partial charge in [0.2, 0.25) is 0 Å². The van der Waals surface area contributed by atoms with Gasteiger partial charge in [-0.3, -0.25) is 4.79 Å². The molecule has 0 radical (unpaired) electrons. The van der Waals surface area contributed by atoms with E-state index in [1.165, 1.54) is 10.9 Å². The molecule has 1 aliphatic rings. The van der Waals surface area contributed by atoms with Crippen LogP contribution in [0.3, 0.4) is 0 Å². The van der Waals surface area contributed by atoms with E-state index in [2.05, 4.69) is 31.6 Å². The summed E-state index contributed by atoms with van der Waals surface area (Å²) in [6.45, 7) is 0. The highest BCUT2D eigenvalue weighted by atomic mass is 79.9. The maximum absolute atomic E-state index is 12.1. The summed E-state index contributed by atoms with van der Waals surface area (Å²) in [6.07, 6.45) is 1.95. The highest BCUT2D eigenvalue weighted by Gasteiger charge is 2.29. The maximum atomic E-state index is 12.1. The second kappa shape index (κ2) is 5.81. The molecule has 9 heteroatoms. The number of benzene rings is 1. The van der Waals surface area contributed by atoms with Gasteiger partial charge in [0.25, 0.3) is 5.91 Å². The summed E-state index contributed by atoms with van der Waals surface area (Å²) in [6, 6.07) is 7.07. The lowest BCUT2D eigenvalue weighted by molar-refractivity contribution is 0.0936. The summed E-state index contributed by atoms with van der Waals surface area (Å²) in [4.78, 5) is 12.1. The molecule has 2 aromatic rings. The third-order valence-electron chi connectivity index (χ3n) is 3.37. The first-order valence-corrected chi connectivity index (χ1v) is 9.24. The molecule has 7 nitrogen and oxygen atoms in total. The molecule has 1 aromatic carbocycles. The van der Waals surface area contributed by atoms with Crippen LogP contribution in [0, 0.1) is 0 Å².